The second-order valence-corrected chi connectivity index (χ2v) is 7.19. The fourth-order valence-electron chi connectivity index (χ4n) is 3.68. The monoisotopic (exact) mass is 337 g/mol. The molecule has 0 aliphatic carbocycles. The van der Waals surface area contributed by atoms with Crippen LogP contribution in [0.1, 0.15) is 45.4 Å². The highest BCUT2D eigenvalue weighted by molar-refractivity contribution is 5.44. The van der Waals surface area contributed by atoms with E-state index in [1.807, 2.05) is 24.4 Å². The van der Waals surface area contributed by atoms with Crippen LogP contribution in [-0.2, 0) is 5.41 Å². The number of pyridine rings is 1. The largest absolute Gasteiger partial charge is 0.401 e. The molecule has 25 heavy (non-hydrogen) atoms. The van der Waals surface area contributed by atoms with E-state index in [4.69, 9.17) is 5.73 Å². The molecule has 1 atom stereocenters. The molecule has 2 rings (SSSR count). The Bertz CT molecular complexity index is 615. The van der Waals surface area contributed by atoms with Crippen LogP contribution < -0.4 is 5.73 Å². The van der Waals surface area contributed by atoms with Gasteiger partial charge in [-0.15, -0.1) is 0 Å². The number of rotatable bonds is 8. The zero-order valence-corrected chi connectivity index (χ0v) is 15.9. The highest BCUT2D eigenvalue weighted by atomic mass is 15.2. The van der Waals surface area contributed by atoms with Crippen molar-refractivity contribution in [2.45, 2.75) is 51.6 Å². The van der Waals surface area contributed by atoms with Gasteiger partial charge in [0.2, 0.25) is 0 Å². The first-order valence-electron chi connectivity index (χ1n) is 9.07. The Balaban J connectivity index is 2.50. The van der Waals surface area contributed by atoms with Gasteiger partial charge in [-0.1, -0.05) is 43.0 Å². The van der Waals surface area contributed by atoms with Gasteiger partial charge in [0, 0.05) is 30.5 Å². The van der Waals surface area contributed by atoms with Crippen molar-refractivity contribution in [3.8, 4) is 0 Å². The second-order valence-electron chi connectivity index (χ2n) is 7.19. The van der Waals surface area contributed by atoms with Gasteiger partial charge in [-0.2, -0.15) is 0 Å². The van der Waals surface area contributed by atoms with Gasteiger partial charge in [0.15, 0.2) is 0 Å². The van der Waals surface area contributed by atoms with Crippen LogP contribution in [0, 0.1) is 0 Å². The zero-order valence-electron chi connectivity index (χ0n) is 15.9. The van der Waals surface area contributed by atoms with Crippen LogP contribution in [0.25, 0.3) is 0 Å². The maximum absolute atomic E-state index is 6.42. The molecule has 3 heteroatoms. The molecule has 1 aromatic heterocycles. The number of benzene rings is 1. The Morgan fingerprint density at radius 1 is 1.04 bits per heavy atom. The van der Waals surface area contributed by atoms with E-state index in [-0.39, 0.29) is 0 Å². The van der Waals surface area contributed by atoms with E-state index in [2.05, 4.69) is 74.5 Å². The molecule has 0 spiro atoms. The summed E-state index contributed by atoms with van der Waals surface area (Å²) in [6.45, 7) is 14.0. The van der Waals surface area contributed by atoms with Gasteiger partial charge in [0.1, 0.15) is 0 Å². The molecule has 2 aromatic rings. The summed E-state index contributed by atoms with van der Waals surface area (Å²) in [6.07, 6.45) is 2.68. The normalized spacial score (nSPS) is 14.0. The summed E-state index contributed by atoms with van der Waals surface area (Å²) in [5, 5.41) is 0. The van der Waals surface area contributed by atoms with Crippen molar-refractivity contribution in [2.75, 3.05) is 6.54 Å². The minimum Gasteiger partial charge on any atom is -0.401 e. The van der Waals surface area contributed by atoms with Crippen molar-refractivity contribution < 1.29 is 0 Å². The first-order valence-corrected chi connectivity index (χ1v) is 9.07. The molecule has 134 valence electrons. The van der Waals surface area contributed by atoms with Crippen molar-refractivity contribution in [1.82, 2.24) is 9.88 Å². The van der Waals surface area contributed by atoms with Gasteiger partial charge in [-0.25, -0.2) is 0 Å². The molecule has 0 saturated heterocycles. The summed E-state index contributed by atoms with van der Waals surface area (Å²) in [7, 11) is 0. The molecule has 0 aliphatic heterocycles. The predicted molar refractivity (Wildman–Crippen MR) is 106 cm³/mol. The van der Waals surface area contributed by atoms with Crippen molar-refractivity contribution >= 4 is 0 Å². The fourth-order valence-corrected chi connectivity index (χ4v) is 3.68. The molecule has 3 nitrogen and oxygen atoms in total. The quantitative estimate of drug-likeness (QED) is 0.779. The van der Waals surface area contributed by atoms with Crippen LogP contribution in [0.2, 0.25) is 0 Å². The lowest BCUT2D eigenvalue weighted by Gasteiger charge is -2.38. The maximum Gasteiger partial charge on any atom is 0.0774 e. The number of allylic oxidation sites excluding steroid dienone is 1. The number of nitrogens with two attached hydrogens (primary N) is 1. The molecule has 0 bridgehead atoms. The van der Waals surface area contributed by atoms with E-state index in [1.165, 1.54) is 0 Å². The SMILES string of the molecule is C=C(N)C(CCN(C(C)C)C(C)C)(c1ccccc1)c1ccccn1. The van der Waals surface area contributed by atoms with Crippen LogP contribution in [0.4, 0.5) is 0 Å². The number of aromatic nitrogens is 1. The van der Waals surface area contributed by atoms with Crippen LogP contribution in [0.5, 0.6) is 0 Å². The first kappa shape index (κ1) is 19.2. The van der Waals surface area contributed by atoms with E-state index in [0.29, 0.717) is 17.8 Å². The van der Waals surface area contributed by atoms with Crippen molar-refractivity contribution in [1.29, 1.82) is 0 Å². The Morgan fingerprint density at radius 3 is 2.12 bits per heavy atom. The standard InChI is InChI=1S/C22H31N3/c1-17(2)25(18(3)4)16-14-22(19(5)23,20-11-7-6-8-12-20)21-13-9-10-15-24-21/h6-13,15,17-18H,5,14,16,23H2,1-4H3. The molecule has 0 aliphatic rings. The van der Waals surface area contributed by atoms with Crippen LogP contribution in [0.3, 0.4) is 0 Å². The average Bonchev–Trinajstić information content (AvgIpc) is 2.59. The molecular formula is C22H31N3. The molecule has 1 heterocycles. The maximum atomic E-state index is 6.42. The lowest BCUT2D eigenvalue weighted by Crippen LogP contribution is -2.43. The Morgan fingerprint density at radius 2 is 1.64 bits per heavy atom. The summed E-state index contributed by atoms with van der Waals surface area (Å²) >= 11 is 0. The van der Waals surface area contributed by atoms with Gasteiger partial charge < -0.3 is 5.73 Å². The Kier molecular flexibility index (Phi) is 6.38. The van der Waals surface area contributed by atoms with Gasteiger partial charge in [0.05, 0.1) is 11.1 Å². The smallest absolute Gasteiger partial charge is 0.0774 e. The van der Waals surface area contributed by atoms with Gasteiger partial charge >= 0.3 is 0 Å². The Labute approximate surface area is 152 Å². The van der Waals surface area contributed by atoms with E-state index >= 15 is 0 Å². The third kappa shape index (κ3) is 4.10. The third-order valence-electron chi connectivity index (χ3n) is 4.99. The molecule has 0 fully saturated rings. The van der Waals surface area contributed by atoms with Gasteiger partial charge in [0.25, 0.3) is 0 Å². The van der Waals surface area contributed by atoms with Crippen LogP contribution >= 0.6 is 0 Å². The van der Waals surface area contributed by atoms with Crippen LogP contribution in [0.15, 0.2) is 67.0 Å². The predicted octanol–water partition coefficient (Wildman–Crippen LogP) is 4.35. The number of hydrogen-bond donors (Lipinski definition) is 1. The second kappa shape index (κ2) is 8.30. The highest BCUT2D eigenvalue weighted by Crippen LogP contribution is 2.39. The molecule has 0 radical (unpaired) electrons. The third-order valence-corrected chi connectivity index (χ3v) is 4.99. The summed E-state index contributed by atoms with van der Waals surface area (Å²) < 4.78 is 0. The minimum absolute atomic E-state index is 0.475. The van der Waals surface area contributed by atoms with Crippen LogP contribution in [-0.4, -0.2) is 28.5 Å². The topological polar surface area (TPSA) is 42.1 Å². The van der Waals surface area contributed by atoms with E-state index in [9.17, 15) is 0 Å². The molecule has 1 aromatic carbocycles. The summed E-state index contributed by atoms with van der Waals surface area (Å²) in [4.78, 5) is 7.15. The molecular weight excluding hydrogens is 306 g/mol. The molecule has 2 N–H and O–H groups in total. The van der Waals surface area contributed by atoms with E-state index in [0.717, 1.165) is 24.2 Å². The first-order chi connectivity index (χ1) is 11.9. The Hall–Kier alpha value is -2.13. The van der Waals surface area contributed by atoms with E-state index < -0.39 is 5.41 Å². The van der Waals surface area contributed by atoms with Gasteiger partial charge in [-0.05, 0) is 51.8 Å². The summed E-state index contributed by atoms with van der Waals surface area (Å²) in [5.41, 5.74) is 8.69. The number of hydrogen-bond acceptors (Lipinski definition) is 3. The minimum atomic E-state index is -0.482. The lowest BCUT2D eigenvalue weighted by atomic mass is 9.72. The van der Waals surface area contributed by atoms with Gasteiger partial charge in [-0.3, -0.25) is 9.88 Å². The highest BCUT2D eigenvalue weighted by Gasteiger charge is 2.38. The zero-order chi connectivity index (χ0) is 18.4. The molecule has 0 saturated carbocycles. The molecule has 0 amide bonds. The van der Waals surface area contributed by atoms with Crippen molar-refractivity contribution in [2.24, 2.45) is 5.73 Å². The summed E-state index contributed by atoms with van der Waals surface area (Å²) in [5.74, 6) is 0. The van der Waals surface area contributed by atoms with Crippen molar-refractivity contribution in [3.63, 3.8) is 0 Å². The fraction of sp³-hybridized carbons (Fsp3) is 0.409. The average molecular weight is 338 g/mol. The van der Waals surface area contributed by atoms with Crippen molar-refractivity contribution in [3.05, 3.63) is 78.3 Å². The number of nitrogens with zero attached hydrogens (tertiary/aromatic N) is 2. The summed E-state index contributed by atoms with van der Waals surface area (Å²) in [6, 6.07) is 17.4. The van der Waals surface area contributed by atoms with E-state index in [1.54, 1.807) is 0 Å². The lowest BCUT2D eigenvalue weighted by molar-refractivity contribution is 0.164. The molecule has 1 unspecified atom stereocenters.